The third-order valence-electron chi connectivity index (χ3n) is 3.07. The Hall–Kier alpha value is -3.76. The van der Waals surface area contributed by atoms with E-state index in [1.165, 1.54) is 44.7 Å². The summed E-state index contributed by atoms with van der Waals surface area (Å²) in [6, 6.07) is 5.25. The van der Waals surface area contributed by atoms with E-state index in [0.717, 1.165) is 6.20 Å². The van der Waals surface area contributed by atoms with Crippen molar-refractivity contribution in [2.24, 2.45) is 5.10 Å². The van der Waals surface area contributed by atoms with Crippen LogP contribution >= 0.6 is 0 Å². The Morgan fingerprint density at radius 2 is 1.80 bits per heavy atom. The second-order valence-electron chi connectivity index (χ2n) is 4.55. The highest BCUT2D eigenvalue weighted by molar-refractivity contribution is 5.87. The van der Waals surface area contributed by atoms with E-state index in [1.54, 1.807) is 0 Å². The smallest absolute Gasteiger partial charge is 0.287 e. The molecule has 2 aromatic rings. The first-order chi connectivity index (χ1) is 12.0. The predicted molar refractivity (Wildman–Crippen MR) is 88.3 cm³/mol. The molecule has 0 spiro atoms. The van der Waals surface area contributed by atoms with E-state index in [0.29, 0.717) is 5.75 Å². The summed E-state index contributed by atoms with van der Waals surface area (Å²) in [4.78, 5) is 24.4. The third-order valence-corrected chi connectivity index (χ3v) is 3.07. The predicted octanol–water partition coefficient (Wildman–Crippen LogP) is 2.36. The highest BCUT2D eigenvalue weighted by Crippen LogP contribution is 2.33. The maximum absolute atomic E-state index is 11.2. The van der Waals surface area contributed by atoms with Crippen LogP contribution in [0.3, 0.4) is 0 Å². The molecule has 25 heavy (non-hydrogen) atoms. The molecule has 1 heterocycles. The summed E-state index contributed by atoms with van der Waals surface area (Å²) in [6.07, 6.45) is 2.28. The van der Waals surface area contributed by atoms with Crippen LogP contribution in [0.4, 0.5) is 17.2 Å². The van der Waals surface area contributed by atoms with Crippen LogP contribution < -0.4 is 14.9 Å². The molecular weight excluding hydrogens is 334 g/mol. The Balaban J connectivity index is 2.24. The van der Waals surface area contributed by atoms with E-state index >= 15 is 0 Å². The Bertz CT molecular complexity index is 821. The van der Waals surface area contributed by atoms with Gasteiger partial charge in [-0.2, -0.15) is 5.10 Å². The van der Waals surface area contributed by atoms with Gasteiger partial charge in [-0.25, -0.2) is 4.98 Å². The number of anilines is 1. The van der Waals surface area contributed by atoms with Gasteiger partial charge in [0.05, 0.1) is 41.9 Å². The zero-order chi connectivity index (χ0) is 18.4. The average molecular weight is 347 g/mol. The Labute approximate surface area is 141 Å². The molecule has 0 atom stereocenters. The van der Waals surface area contributed by atoms with E-state index in [1.807, 2.05) is 0 Å². The van der Waals surface area contributed by atoms with Crippen molar-refractivity contribution in [1.29, 1.82) is 0 Å². The number of pyridine rings is 1. The number of rotatable bonds is 7. The second kappa shape index (κ2) is 7.68. The van der Waals surface area contributed by atoms with E-state index in [-0.39, 0.29) is 28.5 Å². The molecule has 0 unspecified atom stereocenters. The van der Waals surface area contributed by atoms with Crippen LogP contribution in [0.2, 0.25) is 0 Å². The molecule has 0 amide bonds. The van der Waals surface area contributed by atoms with Crippen molar-refractivity contribution < 1.29 is 19.3 Å². The molecule has 11 nitrogen and oxygen atoms in total. The summed E-state index contributed by atoms with van der Waals surface area (Å²) in [5, 5.41) is 25.6. The van der Waals surface area contributed by atoms with Gasteiger partial charge in [0.25, 0.3) is 11.4 Å². The molecule has 130 valence electrons. The van der Waals surface area contributed by atoms with Gasteiger partial charge >= 0.3 is 0 Å². The summed E-state index contributed by atoms with van der Waals surface area (Å²) >= 11 is 0. The van der Waals surface area contributed by atoms with E-state index in [4.69, 9.17) is 9.47 Å². The van der Waals surface area contributed by atoms with E-state index in [2.05, 4.69) is 15.5 Å². The zero-order valence-corrected chi connectivity index (χ0v) is 13.2. The number of hydrogen-bond donors (Lipinski definition) is 1. The van der Waals surface area contributed by atoms with Gasteiger partial charge in [0.1, 0.15) is 12.0 Å². The molecule has 0 aliphatic rings. The third kappa shape index (κ3) is 4.16. The summed E-state index contributed by atoms with van der Waals surface area (Å²) in [5.41, 5.74) is 2.33. The van der Waals surface area contributed by atoms with Crippen LogP contribution in [0.25, 0.3) is 0 Å². The number of benzene rings is 1. The lowest BCUT2D eigenvalue weighted by Gasteiger charge is -2.08. The second-order valence-corrected chi connectivity index (χ2v) is 4.55. The lowest BCUT2D eigenvalue weighted by atomic mass is 10.1. The van der Waals surface area contributed by atoms with Crippen LogP contribution in [-0.4, -0.2) is 35.3 Å². The van der Waals surface area contributed by atoms with Gasteiger partial charge in [-0.15, -0.1) is 0 Å². The molecule has 11 heteroatoms. The van der Waals surface area contributed by atoms with E-state index in [9.17, 15) is 20.2 Å². The van der Waals surface area contributed by atoms with Crippen LogP contribution in [0.5, 0.6) is 11.5 Å². The van der Waals surface area contributed by atoms with Crippen LogP contribution in [-0.2, 0) is 0 Å². The van der Waals surface area contributed by atoms with Gasteiger partial charge in [-0.1, -0.05) is 0 Å². The first kappa shape index (κ1) is 17.6. The Morgan fingerprint density at radius 1 is 1.12 bits per heavy atom. The largest absolute Gasteiger partial charge is 0.493 e. The molecular formula is C14H13N5O6. The molecule has 1 aromatic carbocycles. The minimum atomic E-state index is -0.576. The summed E-state index contributed by atoms with van der Waals surface area (Å²) < 4.78 is 10.1. The van der Waals surface area contributed by atoms with Gasteiger partial charge in [0.15, 0.2) is 11.5 Å². The van der Waals surface area contributed by atoms with Crippen molar-refractivity contribution in [1.82, 2.24) is 4.98 Å². The van der Waals surface area contributed by atoms with Crippen molar-refractivity contribution >= 4 is 23.4 Å². The standard InChI is InChI=1S/C14H13N5O6/c1-24-12-5-9(11(19(22)23)6-13(12)25-2)7-16-17-14-4-3-10(8-15-14)18(20)21/h3-8H,1-2H3,(H,15,17). The van der Waals surface area contributed by atoms with Gasteiger partial charge in [0.2, 0.25) is 0 Å². The van der Waals surface area contributed by atoms with Gasteiger partial charge in [-0.3, -0.25) is 25.7 Å². The molecule has 2 rings (SSSR count). The highest BCUT2D eigenvalue weighted by Gasteiger charge is 2.18. The number of hydrazone groups is 1. The molecule has 0 aliphatic heterocycles. The Morgan fingerprint density at radius 3 is 2.32 bits per heavy atom. The highest BCUT2D eigenvalue weighted by atomic mass is 16.6. The number of hydrogen-bond acceptors (Lipinski definition) is 9. The molecule has 1 N–H and O–H groups in total. The fourth-order valence-electron chi connectivity index (χ4n) is 1.87. The molecule has 0 fully saturated rings. The SMILES string of the molecule is COc1cc(C=NNc2ccc([N+](=O)[O-])cn2)c([N+](=O)[O-])cc1OC. The summed E-state index contributed by atoms with van der Waals surface area (Å²) in [6.45, 7) is 0. The van der Waals surface area contributed by atoms with Crippen molar-refractivity contribution in [2.45, 2.75) is 0 Å². The zero-order valence-electron chi connectivity index (χ0n) is 13.2. The molecule has 0 radical (unpaired) electrons. The quantitative estimate of drug-likeness (QED) is 0.457. The van der Waals surface area contributed by atoms with Crippen LogP contribution in [0.1, 0.15) is 5.56 Å². The minimum absolute atomic E-state index is 0.162. The number of nitro benzene ring substituents is 1. The van der Waals surface area contributed by atoms with Gasteiger partial charge in [0, 0.05) is 6.07 Å². The summed E-state index contributed by atoms with van der Waals surface area (Å²) in [7, 11) is 2.78. The van der Waals surface area contributed by atoms with E-state index < -0.39 is 9.85 Å². The number of ether oxygens (including phenoxy) is 2. The van der Waals surface area contributed by atoms with Crippen LogP contribution in [0.15, 0.2) is 35.6 Å². The normalized spacial score (nSPS) is 10.5. The monoisotopic (exact) mass is 347 g/mol. The number of nitro groups is 2. The lowest BCUT2D eigenvalue weighted by Crippen LogP contribution is -2.00. The lowest BCUT2D eigenvalue weighted by molar-refractivity contribution is -0.385. The number of methoxy groups -OCH3 is 2. The van der Waals surface area contributed by atoms with Gasteiger partial charge < -0.3 is 9.47 Å². The molecule has 0 bridgehead atoms. The van der Waals surface area contributed by atoms with Crippen molar-refractivity contribution in [3.63, 3.8) is 0 Å². The maximum atomic E-state index is 11.2. The topological polar surface area (TPSA) is 142 Å². The number of nitrogens with one attached hydrogen (secondary N) is 1. The summed E-state index contributed by atoms with van der Waals surface area (Å²) in [5.74, 6) is 0.768. The first-order valence-corrected chi connectivity index (χ1v) is 6.76. The number of nitrogens with zero attached hydrogens (tertiary/aromatic N) is 4. The maximum Gasteiger partial charge on any atom is 0.287 e. The first-order valence-electron chi connectivity index (χ1n) is 6.76. The molecule has 0 aliphatic carbocycles. The fourth-order valence-corrected chi connectivity index (χ4v) is 1.87. The molecule has 0 saturated heterocycles. The molecule has 0 saturated carbocycles. The van der Waals surface area contributed by atoms with Crippen molar-refractivity contribution in [3.05, 3.63) is 56.3 Å². The Kier molecular flexibility index (Phi) is 5.40. The van der Waals surface area contributed by atoms with Crippen molar-refractivity contribution in [3.8, 4) is 11.5 Å². The average Bonchev–Trinajstić information content (AvgIpc) is 2.61. The fraction of sp³-hybridized carbons (Fsp3) is 0.143. The van der Waals surface area contributed by atoms with Crippen molar-refractivity contribution in [2.75, 3.05) is 19.6 Å². The van der Waals surface area contributed by atoms with Gasteiger partial charge in [-0.05, 0) is 12.1 Å². The minimum Gasteiger partial charge on any atom is -0.493 e. The molecule has 1 aromatic heterocycles. The van der Waals surface area contributed by atoms with Crippen LogP contribution in [0, 0.1) is 20.2 Å². The number of aromatic nitrogens is 1.